The molecule has 3 nitrogen and oxygen atoms in total. The van der Waals surface area contributed by atoms with Crippen LogP contribution in [0.25, 0.3) is 0 Å². The molecule has 0 heterocycles. The van der Waals surface area contributed by atoms with Crippen LogP contribution in [0.1, 0.15) is 39.2 Å². The molecule has 1 aliphatic rings. The van der Waals surface area contributed by atoms with Gasteiger partial charge in [-0.05, 0) is 37.5 Å². The van der Waals surface area contributed by atoms with E-state index in [1.807, 2.05) is 32.9 Å². The maximum atomic E-state index is 11.8. The van der Waals surface area contributed by atoms with Gasteiger partial charge in [0, 0.05) is 5.92 Å². The Morgan fingerprint density at radius 2 is 1.94 bits per heavy atom. The van der Waals surface area contributed by atoms with Crippen molar-refractivity contribution < 1.29 is 9.53 Å². The third kappa shape index (κ3) is 2.66. The number of hydrogen-bond acceptors (Lipinski definition) is 2. The maximum absolute atomic E-state index is 11.8. The fourth-order valence-corrected chi connectivity index (χ4v) is 2.03. The van der Waals surface area contributed by atoms with E-state index in [-0.39, 0.29) is 17.4 Å². The molecule has 0 spiro atoms. The molecule has 0 aliphatic heterocycles. The molecule has 18 heavy (non-hydrogen) atoms. The van der Waals surface area contributed by atoms with E-state index in [0.717, 1.165) is 18.6 Å². The van der Waals surface area contributed by atoms with Crippen LogP contribution < -0.4 is 10.1 Å². The molecule has 0 saturated heterocycles. The topological polar surface area (TPSA) is 38.3 Å². The highest BCUT2D eigenvalue weighted by Crippen LogP contribution is 2.45. The number of ether oxygens (including phenoxy) is 1. The van der Waals surface area contributed by atoms with E-state index < -0.39 is 0 Å². The first-order chi connectivity index (χ1) is 8.57. The first-order valence-corrected chi connectivity index (χ1v) is 6.63. The van der Waals surface area contributed by atoms with Gasteiger partial charge >= 0.3 is 0 Å². The van der Waals surface area contributed by atoms with Crippen molar-refractivity contribution in [2.24, 2.45) is 5.92 Å². The van der Waals surface area contributed by atoms with Gasteiger partial charge in [-0.2, -0.15) is 0 Å². The maximum Gasteiger partial charge on any atom is 0.223 e. The van der Waals surface area contributed by atoms with Crippen molar-refractivity contribution in [3.05, 3.63) is 29.8 Å². The number of carbonyl (C=O) groups excluding carboxylic acids is 1. The molecule has 98 valence electrons. The van der Waals surface area contributed by atoms with Crippen molar-refractivity contribution in [3.63, 3.8) is 0 Å². The number of hydrogen-bond donors (Lipinski definition) is 1. The van der Waals surface area contributed by atoms with E-state index in [9.17, 15) is 4.79 Å². The van der Waals surface area contributed by atoms with E-state index in [1.54, 1.807) is 0 Å². The summed E-state index contributed by atoms with van der Waals surface area (Å²) in [5, 5.41) is 3.15. The Morgan fingerprint density at radius 1 is 1.33 bits per heavy atom. The van der Waals surface area contributed by atoms with Gasteiger partial charge in [-0.15, -0.1) is 0 Å². The molecular weight excluding hydrogens is 226 g/mol. The SMILES string of the molecule is CCOc1ccc(C2(NC(=O)C(C)C)CC2)cc1. The molecule has 1 saturated carbocycles. The molecule has 0 unspecified atom stereocenters. The van der Waals surface area contributed by atoms with Gasteiger partial charge in [0.25, 0.3) is 0 Å². The van der Waals surface area contributed by atoms with Crippen molar-refractivity contribution in [2.75, 3.05) is 6.61 Å². The molecule has 2 rings (SSSR count). The number of nitrogens with one attached hydrogen (secondary N) is 1. The highest BCUT2D eigenvalue weighted by Gasteiger charge is 2.45. The predicted octanol–water partition coefficient (Wildman–Crippen LogP) is 2.85. The molecule has 1 aromatic carbocycles. The van der Waals surface area contributed by atoms with Crippen molar-refractivity contribution >= 4 is 5.91 Å². The molecule has 0 aromatic heterocycles. The summed E-state index contributed by atoms with van der Waals surface area (Å²) in [6.07, 6.45) is 2.05. The summed E-state index contributed by atoms with van der Waals surface area (Å²) in [5.74, 6) is 1.04. The number of amides is 1. The first kappa shape index (κ1) is 12.9. The normalized spacial score (nSPS) is 16.4. The fraction of sp³-hybridized carbons (Fsp3) is 0.533. The zero-order valence-electron chi connectivity index (χ0n) is 11.3. The van der Waals surface area contributed by atoms with Gasteiger partial charge in [-0.3, -0.25) is 4.79 Å². The minimum atomic E-state index is -0.119. The van der Waals surface area contributed by atoms with Gasteiger partial charge in [-0.1, -0.05) is 26.0 Å². The minimum absolute atomic E-state index is 0.0326. The molecule has 1 aromatic rings. The Labute approximate surface area is 109 Å². The van der Waals surface area contributed by atoms with Crippen LogP contribution in [0.5, 0.6) is 5.75 Å². The monoisotopic (exact) mass is 247 g/mol. The van der Waals surface area contributed by atoms with Crippen molar-refractivity contribution in [3.8, 4) is 5.75 Å². The molecule has 1 aliphatic carbocycles. The summed E-state index contributed by atoms with van der Waals surface area (Å²) in [6.45, 7) is 6.49. The van der Waals surface area contributed by atoms with E-state index in [0.29, 0.717) is 6.61 Å². The second kappa shape index (κ2) is 5.01. The average Bonchev–Trinajstić information content (AvgIpc) is 3.11. The molecular formula is C15H21NO2. The van der Waals surface area contributed by atoms with Crippen LogP contribution in [0.3, 0.4) is 0 Å². The zero-order chi connectivity index (χ0) is 13.2. The highest BCUT2D eigenvalue weighted by molar-refractivity contribution is 5.79. The van der Waals surface area contributed by atoms with Crippen LogP contribution in [0.4, 0.5) is 0 Å². The molecule has 3 heteroatoms. The number of rotatable bonds is 5. The van der Waals surface area contributed by atoms with Gasteiger partial charge in [0.1, 0.15) is 5.75 Å². The number of benzene rings is 1. The van der Waals surface area contributed by atoms with E-state index >= 15 is 0 Å². The largest absolute Gasteiger partial charge is 0.494 e. The fourth-order valence-electron chi connectivity index (χ4n) is 2.03. The van der Waals surface area contributed by atoms with Crippen LogP contribution in [0, 0.1) is 5.92 Å². The van der Waals surface area contributed by atoms with E-state index in [1.165, 1.54) is 5.56 Å². The smallest absolute Gasteiger partial charge is 0.223 e. The standard InChI is InChI=1S/C15H21NO2/c1-4-18-13-7-5-12(6-8-13)15(9-10-15)16-14(17)11(2)3/h5-8,11H,4,9-10H2,1-3H3,(H,16,17). The average molecular weight is 247 g/mol. The summed E-state index contributed by atoms with van der Waals surface area (Å²) < 4.78 is 5.43. The van der Waals surface area contributed by atoms with Crippen LogP contribution >= 0.6 is 0 Å². The van der Waals surface area contributed by atoms with E-state index in [4.69, 9.17) is 4.74 Å². The lowest BCUT2D eigenvalue weighted by Crippen LogP contribution is -2.37. The molecule has 0 atom stereocenters. The Balaban J connectivity index is 2.08. The van der Waals surface area contributed by atoms with Crippen LogP contribution in [-0.4, -0.2) is 12.5 Å². The summed E-state index contributed by atoms with van der Waals surface area (Å²) in [7, 11) is 0. The van der Waals surface area contributed by atoms with Gasteiger partial charge in [0.05, 0.1) is 12.1 Å². The first-order valence-electron chi connectivity index (χ1n) is 6.63. The van der Waals surface area contributed by atoms with Crippen molar-refractivity contribution in [1.29, 1.82) is 0 Å². The van der Waals surface area contributed by atoms with Gasteiger partial charge in [-0.25, -0.2) is 0 Å². The Kier molecular flexibility index (Phi) is 3.60. The van der Waals surface area contributed by atoms with Crippen LogP contribution in [-0.2, 0) is 10.3 Å². The van der Waals surface area contributed by atoms with Crippen LogP contribution in [0.15, 0.2) is 24.3 Å². The third-order valence-electron chi connectivity index (χ3n) is 3.35. The van der Waals surface area contributed by atoms with Crippen molar-refractivity contribution in [1.82, 2.24) is 5.32 Å². The summed E-state index contributed by atoms with van der Waals surface area (Å²) in [4.78, 5) is 11.8. The summed E-state index contributed by atoms with van der Waals surface area (Å²) in [6, 6.07) is 8.05. The lowest BCUT2D eigenvalue weighted by Gasteiger charge is -2.19. The van der Waals surface area contributed by atoms with Gasteiger partial charge in [0.2, 0.25) is 5.91 Å². The second-order valence-corrected chi connectivity index (χ2v) is 5.18. The predicted molar refractivity (Wildman–Crippen MR) is 71.5 cm³/mol. The summed E-state index contributed by atoms with van der Waals surface area (Å²) in [5.41, 5.74) is 1.06. The van der Waals surface area contributed by atoms with Gasteiger partial charge < -0.3 is 10.1 Å². The lowest BCUT2D eigenvalue weighted by molar-refractivity contribution is -0.125. The molecule has 1 fully saturated rings. The third-order valence-corrected chi connectivity index (χ3v) is 3.35. The van der Waals surface area contributed by atoms with Gasteiger partial charge in [0.15, 0.2) is 0 Å². The summed E-state index contributed by atoms with van der Waals surface area (Å²) >= 11 is 0. The molecule has 1 N–H and O–H groups in total. The molecule has 1 amide bonds. The second-order valence-electron chi connectivity index (χ2n) is 5.18. The quantitative estimate of drug-likeness (QED) is 0.869. The number of carbonyl (C=O) groups is 1. The molecule has 0 radical (unpaired) electrons. The Morgan fingerprint density at radius 3 is 2.39 bits per heavy atom. The van der Waals surface area contributed by atoms with Crippen molar-refractivity contribution in [2.45, 2.75) is 39.2 Å². The molecule has 0 bridgehead atoms. The minimum Gasteiger partial charge on any atom is -0.494 e. The Bertz CT molecular complexity index is 419. The Hall–Kier alpha value is -1.51. The van der Waals surface area contributed by atoms with E-state index in [2.05, 4.69) is 17.4 Å². The lowest BCUT2D eigenvalue weighted by atomic mass is 10.0. The zero-order valence-corrected chi connectivity index (χ0v) is 11.3. The van der Waals surface area contributed by atoms with Crippen LogP contribution in [0.2, 0.25) is 0 Å². The highest BCUT2D eigenvalue weighted by atomic mass is 16.5.